The molecule has 3 aromatic rings. The first-order valence-electron chi connectivity index (χ1n) is 9.64. The van der Waals surface area contributed by atoms with Crippen molar-refractivity contribution < 1.29 is 13.2 Å². The van der Waals surface area contributed by atoms with Crippen molar-refractivity contribution in [2.24, 2.45) is 0 Å². The van der Waals surface area contributed by atoms with Crippen molar-refractivity contribution in [3.05, 3.63) is 69.1 Å². The van der Waals surface area contributed by atoms with Crippen LogP contribution in [-0.4, -0.2) is 51.0 Å². The lowest BCUT2D eigenvalue weighted by atomic mass is 10.1. The van der Waals surface area contributed by atoms with Crippen molar-refractivity contribution in [1.82, 2.24) is 9.29 Å². The lowest BCUT2D eigenvalue weighted by Gasteiger charge is -2.33. The minimum Gasteiger partial charge on any atom is -0.497 e. The van der Waals surface area contributed by atoms with Gasteiger partial charge in [0.15, 0.2) is 5.13 Å². The summed E-state index contributed by atoms with van der Waals surface area (Å²) in [5, 5.41) is 3.55. The van der Waals surface area contributed by atoms with Crippen LogP contribution in [0.5, 0.6) is 5.75 Å². The van der Waals surface area contributed by atoms with Crippen LogP contribution in [0.3, 0.4) is 0 Å². The molecule has 164 valence electrons. The number of halogens is 2. The zero-order valence-electron chi connectivity index (χ0n) is 16.8. The Morgan fingerprint density at radius 2 is 1.77 bits per heavy atom. The SMILES string of the molecule is COc1cccc(Cc2csc(N3CCN(S(=O)(=O)c4cc(Cl)cc(Cl)c4)CC3)n2)c1. The summed E-state index contributed by atoms with van der Waals surface area (Å²) < 4.78 is 32.7. The highest BCUT2D eigenvalue weighted by Crippen LogP contribution is 2.28. The number of thiazole rings is 1. The van der Waals surface area contributed by atoms with E-state index in [0.29, 0.717) is 36.2 Å². The molecule has 6 nitrogen and oxygen atoms in total. The van der Waals surface area contributed by atoms with Gasteiger partial charge in [0, 0.05) is 48.0 Å². The minimum atomic E-state index is -3.65. The summed E-state index contributed by atoms with van der Waals surface area (Å²) in [6.07, 6.45) is 0.720. The molecule has 0 bridgehead atoms. The molecule has 0 N–H and O–H groups in total. The van der Waals surface area contributed by atoms with Gasteiger partial charge < -0.3 is 9.64 Å². The van der Waals surface area contributed by atoms with Crippen LogP contribution < -0.4 is 9.64 Å². The summed E-state index contributed by atoms with van der Waals surface area (Å²) in [5.41, 5.74) is 2.11. The number of rotatable bonds is 6. The highest BCUT2D eigenvalue weighted by molar-refractivity contribution is 7.89. The van der Waals surface area contributed by atoms with Gasteiger partial charge in [-0.1, -0.05) is 35.3 Å². The molecule has 1 aliphatic heterocycles. The maximum atomic E-state index is 13.0. The van der Waals surface area contributed by atoms with Crippen LogP contribution in [0.2, 0.25) is 10.0 Å². The van der Waals surface area contributed by atoms with E-state index in [2.05, 4.69) is 4.90 Å². The van der Waals surface area contributed by atoms with E-state index in [0.717, 1.165) is 28.6 Å². The van der Waals surface area contributed by atoms with E-state index in [1.165, 1.54) is 22.5 Å². The molecule has 1 saturated heterocycles. The van der Waals surface area contributed by atoms with Gasteiger partial charge in [0.25, 0.3) is 0 Å². The maximum absolute atomic E-state index is 13.0. The molecule has 0 radical (unpaired) electrons. The fourth-order valence-corrected chi connectivity index (χ4v) is 6.49. The highest BCUT2D eigenvalue weighted by atomic mass is 35.5. The van der Waals surface area contributed by atoms with Gasteiger partial charge in [0.1, 0.15) is 5.75 Å². The largest absolute Gasteiger partial charge is 0.497 e. The van der Waals surface area contributed by atoms with Crippen LogP contribution in [0.4, 0.5) is 5.13 Å². The van der Waals surface area contributed by atoms with E-state index < -0.39 is 10.0 Å². The van der Waals surface area contributed by atoms with E-state index in [1.807, 2.05) is 29.6 Å². The van der Waals surface area contributed by atoms with Crippen LogP contribution in [-0.2, 0) is 16.4 Å². The van der Waals surface area contributed by atoms with Crippen molar-refractivity contribution in [2.75, 3.05) is 38.2 Å². The first-order chi connectivity index (χ1) is 14.8. The van der Waals surface area contributed by atoms with Gasteiger partial charge in [-0.05, 0) is 35.9 Å². The van der Waals surface area contributed by atoms with E-state index in [4.69, 9.17) is 32.9 Å². The van der Waals surface area contributed by atoms with Crippen molar-refractivity contribution in [3.63, 3.8) is 0 Å². The van der Waals surface area contributed by atoms with Crippen molar-refractivity contribution in [2.45, 2.75) is 11.3 Å². The van der Waals surface area contributed by atoms with Gasteiger partial charge in [-0.2, -0.15) is 4.31 Å². The van der Waals surface area contributed by atoms with E-state index in [1.54, 1.807) is 18.4 Å². The zero-order valence-corrected chi connectivity index (χ0v) is 19.9. The third kappa shape index (κ3) is 5.15. The van der Waals surface area contributed by atoms with Crippen LogP contribution in [0, 0.1) is 0 Å². The minimum absolute atomic E-state index is 0.119. The lowest BCUT2D eigenvalue weighted by molar-refractivity contribution is 0.384. The smallest absolute Gasteiger partial charge is 0.243 e. The van der Waals surface area contributed by atoms with Crippen LogP contribution in [0.25, 0.3) is 0 Å². The topological polar surface area (TPSA) is 62.7 Å². The van der Waals surface area contributed by atoms with Gasteiger partial charge in [-0.25, -0.2) is 13.4 Å². The number of aromatic nitrogens is 1. The number of anilines is 1. The number of benzene rings is 2. The normalized spacial score (nSPS) is 15.3. The highest BCUT2D eigenvalue weighted by Gasteiger charge is 2.30. The predicted octanol–water partition coefficient (Wildman–Crippen LogP) is 4.56. The molecule has 1 aromatic heterocycles. The molecule has 2 heterocycles. The van der Waals surface area contributed by atoms with Crippen molar-refractivity contribution in [3.8, 4) is 5.75 Å². The summed E-state index contributed by atoms with van der Waals surface area (Å²) in [4.78, 5) is 6.99. The predicted molar refractivity (Wildman–Crippen MR) is 125 cm³/mol. The van der Waals surface area contributed by atoms with Gasteiger partial charge in [0.2, 0.25) is 10.0 Å². The van der Waals surface area contributed by atoms with Crippen LogP contribution in [0.15, 0.2) is 52.7 Å². The van der Waals surface area contributed by atoms with Crippen LogP contribution >= 0.6 is 34.5 Å². The zero-order chi connectivity index (χ0) is 22.0. The van der Waals surface area contributed by atoms with Crippen LogP contribution in [0.1, 0.15) is 11.3 Å². The molecule has 0 amide bonds. The molecule has 0 aliphatic carbocycles. The molecule has 4 rings (SSSR count). The number of hydrogen-bond donors (Lipinski definition) is 0. The number of piperazine rings is 1. The third-order valence-electron chi connectivity index (χ3n) is 5.04. The average Bonchev–Trinajstić information content (AvgIpc) is 3.21. The summed E-state index contributed by atoms with van der Waals surface area (Å²) in [6.45, 7) is 1.88. The second-order valence-electron chi connectivity index (χ2n) is 7.15. The Morgan fingerprint density at radius 3 is 2.45 bits per heavy atom. The van der Waals surface area contributed by atoms with Gasteiger partial charge in [-0.3, -0.25) is 0 Å². The monoisotopic (exact) mass is 497 g/mol. The molecule has 0 atom stereocenters. The molecule has 2 aromatic carbocycles. The molecular formula is C21H21Cl2N3O3S2. The fraction of sp³-hybridized carbons (Fsp3) is 0.286. The quantitative estimate of drug-likeness (QED) is 0.499. The summed E-state index contributed by atoms with van der Waals surface area (Å²) in [6, 6.07) is 12.3. The molecule has 0 unspecified atom stereocenters. The van der Waals surface area contributed by atoms with Gasteiger partial charge in [0.05, 0.1) is 17.7 Å². The number of methoxy groups -OCH3 is 1. The van der Waals surface area contributed by atoms with Crippen molar-refractivity contribution >= 4 is 49.7 Å². The molecule has 0 spiro atoms. The number of sulfonamides is 1. The Labute approximate surface area is 196 Å². The van der Waals surface area contributed by atoms with Crippen molar-refractivity contribution in [1.29, 1.82) is 0 Å². The Balaban J connectivity index is 1.41. The lowest BCUT2D eigenvalue weighted by Crippen LogP contribution is -2.48. The second kappa shape index (κ2) is 9.34. The number of nitrogens with zero attached hydrogens (tertiary/aromatic N) is 3. The molecule has 1 fully saturated rings. The molecule has 31 heavy (non-hydrogen) atoms. The first-order valence-corrected chi connectivity index (χ1v) is 12.7. The van der Waals surface area contributed by atoms with E-state index in [9.17, 15) is 8.42 Å². The second-order valence-corrected chi connectivity index (χ2v) is 10.8. The molecule has 10 heteroatoms. The molecule has 1 aliphatic rings. The number of ether oxygens (including phenoxy) is 1. The Bertz CT molecular complexity index is 1160. The number of hydrogen-bond acceptors (Lipinski definition) is 6. The summed E-state index contributed by atoms with van der Waals surface area (Å²) in [7, 11) is -1.99. The first kappa shape index (κ1) is 22.4. The van der Waals surface area contributed by atoms with Gasteiger partial charge >= 0.3 is 0 Å². The van der Waals surface area contributed by atoms with E-state index in [-0.39, 0.29) is 4.90 Å². The fourth-order valence-electron chi connectivity index (χ4n) is 3.46. The summed E-state index contributed by atoms with van der Waals surface area (Å²) in [5.74, 6) is 0.825. The molecular weight excluding hydrogens is 477 g/mol. The third-order valence-corrected chi connectivity index (χ3v) is 8.31. The standard InChI is InChI=1S/C21H21Cl2N3O3S2/c1-29-19-4-2-3-15(10-19)9-18-14-30-21(24-18)25-5-7-26(8-6-25)31(27,28)20-12-16(22)11-17(23)13-20/h2-4,10-14H,5-9H2,1H3. The maximum Gasteiger partial charge on any atom is 0.243 e. The summed E-state index contributed by atoms with van der Waals surface area (Å²) >= 11 is 13.5. The Kier molecular flexibility index (Phi) is 6.74. The average molecular weight is 498 g/mol. The Morgan fingerprint density at radius 1 is 1.06 bits per heavy atom. The Hall–Kier alpha value is -1.84. The van der Waals surface area contributed by atoms with E-state index >= 15 is 0 Å². The molecule has 0 saturated carbocycles. The van der Waals surface area contributed by atoms with Gasteiger partial charge in [-0.15, -0.1) is 11.3 Å².